The van der Waals surface area contributed by atoms with Gasteiger partial charge >= 0.3 is 18.0 Å². The van der Waals surface area contributed by atoms with Crippen molar-refractivity contribution < 1.29 is 23.9 Å². The lowest BCUT2D eigenvalue weighted by atomic mass is 10.1. The van der Waals surface area contributed by atoms with E-state index in [1.54, 1.807) is 0 Å². The molecular weight excluding hydrogens is 262 g/mol. The van der Waals surface area contributed by atoms with Crippen LogP contribution in [0.15, 0.2) is 30.3 Å². The molecule has 0 aliphatic carbocycles. The highest BCUT2D eigenvalue weighted by molar-refractivity contribution is 5.95. The molecule has 1 fully saturated rings. The number of rotatable bonds is 6. The van der Waals surface area contributed by atoms with E-state index < -0.39 is 18.1 Å². The van der Waals surface area contributed by atoms with Crippen LogP contribution in [0.25, 0.3) is 0 Å². The number of carbonyl (C=O) groups is 3. The van der Waals surface area contributed by atoms with E-state index in [9.17, 15) is 14.4 Å². The molecule has 1 N–H and O–H groups in total. The van der Waals surface area contributed by atoms with Crippen LogP contribution in [-0.4, -0.2) is 24.1 Å². The fourth-order valence-corrected chi connectivity index (χ4v) is 1.84. The molecule has 1 atom stereocenters. The van der Waals surface area contributed by atoms with Gasteiger partial charge in [-0.3, -0.25) is 4.79 Å². The molecule has 1 aromatic carbocycles. The van der Waals surface area contributed by atoms with Gasteiger partial charge in [0.05, 0.1) is 0 Å². The number of carbonyl (C=O) groups excluding carboxylic acids is 3. The number of esters is 2. The van der Waals surface area contributed by atoms with Crippen LogP contribution >= 0.6 is 0 Å². The maximum atomic E-state index is 11.5. The van der Waals surface area contributed by atoms with Crippen LogP contribution in [0.2, 0.25) is 0 Å². The fraction of sp³-hybridized carbons (Fsp3) is 0.357. The van der Waals surface area contributed by atoms with Crippen molar-refractivity contribution in [3.8, 4) is 0 Å². The first-order valence-electron chi connectivity index (χ1n) is 6.37. The summed E-state index contributed by atoms with van der Waals surface area (Å²) in [4.78, 5) is 33.4. The van der Waals surface area contributed by atoms with E-state index >= 15 is 0 Å². The van der Waals surface area contributed by atoms with Gasteiger partial charge in [-0.15, -0.1) is 0 Å². The molecule has 6 heteroatoms. The number of nitrogens with one attached hydrogen (secondary N) is 1. The topological polar surface area (TPSA) is 81.7 Å². The van der Waals surface area contributed by atoms with E-state index in [0.29, 0.717) is 12.8 Å². The molecule has 0 bridgehead atoms. The summed E-state index contributed by atoms with van der Waals surface area (Å²) in [7, 11) is 0. The minimum atomic E-state index is -0.730. The molecular formula is C14H15NO5. The number of hydrogen-bond acceptors (Lipinski definition) is 5. The van der Waals surface area contributed by atoms with E-state index in [1.807, 2.05) is 30.3 Å². The molecule has 1 saturated heterocycles. The lowest BCUT2D eigenvalue weighted by Crippen LogP contribution is -2.28. The lowest BCUT2D eigenvalue weighted by Gasteiger charge is -2.06. The Morgan fingerprint density at radius 3 is 2.65 bits per heavy atom. The average Bonchev–Trinajstić information content (AvgIpc) is 2.76. The van der Waals surface area contributed by atoms with Crippen molar-refractivity contribution in [1.82, 2.24) is 5.32 Å². The van der Waals surface area contributed by atoms with Gasteiger partial charge in [0, 0.05) is 6.42 Å². The maximum Gasteiger partial charge on any atom is 0.415 e. The Balaban J connectivity index is 1.63. The minimum Gasteiger partial charge on any atom is -0.461 e. The van der Waals surface area contributed by atoms with Gasteiger partial charge in [-0.2, -0.15) is 0 Å². The second-order valence-corrected chi connectivity index (χ2v) is 4.44. The fourth-order valence-electron chi connectivity index (χ4n) is 1.84. The minimum absolute atomic E-state index is 0.201. The van der Waals surface area contributed by atoms with Crippen molar-refractivity contribution in [1.29, 1.82) is 0 Å². The molecule has 0 aromatic heterocycles. The number of benzene rings is 1. The first kappa shape index (κ1) is 14.0. The Morgan fingerprint density at radius 1 is 1.25 bits per heavy atom. The van der Waals surface area contributed by atoms with Gasteiger partial charge in [0.1, 0.15) is 12.6 Å². The molecule has 0 radical (unpaired) electrons. The zero-order valence-electron chi connectivity index (χ0n) is 10.8. The van der Waals surface area contributed by atoms with Crippen molar-refractivity contribution in [2.45, 2.75) is 31.9 Å². The summed E-state index contributed by atoms with van der Waals surface area (Å²) < 4.78 is 9.43. The molecule has 0 saturated carbocycles. The van der Waals surface area contributed by atoms with Crippen molar-refractivity contribution in [2.24, 2.45) is 0 Å². The number of ether oxygens (including phenoxy) is 2. The molecule has 1 amide bonds. The molecule has 6 nitrogen and oxygen atoms in total. The molecule has 0 unspecified atom stereocenters. The van der Waals surface area contributed by atoms with E-state index in [0.717, 1.165) is 5.56 Å². The summed E-state index contributed by atoms with van der Waals surface area (Å²) in [6.07, 6.45) is 0.289. The summed E-state index contributed by atoms with van der Waals surface area (Å²) in [6.45, 7) is 0.238. The lowest BCUT2D eigenvalue weighted by molar-refractivity contribution is -0.145. The Morgan fingerprint density at radius 2 is 2.00 bits per heavy atom. The average molecular weight is 277 g/mol. The normalized spacial score (nSPS) is 17.5. The van der Waals surface area contributed by atoms with Gasteiger partial charge in [-0.1, -0.05) is 30.3 Å². The highest BCUT2D eigenvalue weighted by Gasteiger charge is 2.31. The van der Waals surface area contributed by atoms with E-state index in [4.69, 9.17) is 4.74 Å². The van der Waals surface area contributed by atoms with E-state index in [-0.39, 0.29) is 19.0 Å². The van der Waals surface area contributed by atoms with Crippen molar-refractivity contribution in [3.05, 3.63) is 35.9 Å². The summed E-state index contributed by atoms with van der Waals surface area (Å²) in [6, 6.07) is 8.73. The van der Waals surface area contributed by atoms with Gasteiger partial charge in [-0.05, 0) is 18.4 Å². The molecule has 1 aliphatic heterocycles. The van der Waals surface area contributed by atoms with Gasteiger partial charge in [0.2, 0.25) is 0 Å². The first-order valence-corrected chi connectivity index (χ1v) is 6.37. The molecule has 2 rings (SSSR count). The van der Waals surface area contributed by atoms with Gasteiger partial charge < -0.3 is 14.8 Å². The van der Waals surface area contributed by atoms with Crippen LogP contribution in [0.5, 0.6) is 0 Å². The Bertz CT molecular complexity index is 500. The predicted octanol–water partition coefficient (Wildman–Crippen LogP) is 1.54. The summed E-state index contributed by atoms with van der Waals surface area (Å²) >= 11 is 0. The number of cyclic esters (lactones) is 2. The highest BCUT2D eigenvalue weighted by atomic mass is 16.6. The molecule has 20 heavy (non-hydrogen) atoms. The van der Waals surface area contributed by atoms with Crippen LogP contribution in [-0.2, 0) is 25.7 Å². The highest BCUT2D eigenvalue weighted by Crippen LogP contribution is 2.10. The van der Waals surface area contributed by atoms with Gasteiger partial charge in [0.15, 0.2) is 0 Å². The molecule has 1 aliphatic rings. The number of hydrogen-bond donors (Lipinski definition) is 1. The van der Waals surface area contributed by atoms with Crippen LogP contribution in [0.3, 0.4) is 0 Å². The predicted molar refractivity (Wildman–Crippen MR) is 68.5 cm³/mol. The Labute approximate surface area is 116 Å². The van der Waals surface area contributed by atoms with Crippen molar-refractivity contribution >= 4 is 18.0 Å². The number of amides is 1. The molecule has 1 aromatic rings. The Hall–Kier alpha value is -2.37. The van der Waals surface area contributed by atoms with Crippen molar-refractivity contribution in [2.75, 3.05) is 0 Å². The Kier molecular flexibility index (Phi) is 4.70. The standard InChI is InChI=1S/C14H15NO5/c16-12(19-9-10-5-2-1-3-6-10)8-4-7-11-13(17)20-14(18)15-11/h1-3,5-6,11H,4,7-9H2,(H,15,18)/t11-/m0/s1. The van der Waals surface area contributed by atoms with Crippen molar-refractivity contribution in [3.63, 3.8) is 0 Å². The quantitative estimate of drug-likeness (QED) is 0.630. The summed E-state index contributed by atoms with van der Waals surface area (Å²) in [5.41, 5.74) is 0.924. The SMILES string of the molecule is O=C(CCC[C@@H]1NC(=O)OC1=O)OCc1ccccc1. The third-order valence-corrected chi connectivity index (χ3v) is 2.89. The molecule has 0 spiro atoms. The van der Waals surface area contributed by atoms with Crippen LogP contribution < -0.4 is 5.32 Å². The summed E-state index contributed by atoms with van der Waals surface area (Å²) in [5.74, 6) is -0.917. The zero-order valence-corrected chi connectivity index (χ0v) is 10.8. The van der Waals surface area contributed by atoms with E-state index in [1.165, 1.54) is 0 Å². The summed E-state index contributed by atoms with van der Waals surface area (Å²) in [5, 5.41) is 2.37. The van der Waals surface area contributed by atoms with Gasteiger partial charge in [0.25, 0.3) is 0 Å². The number of alkyl carbamates (subject to hydrolysis) is 1. The van der Waals surface area contributed by atoms with Gasteiger partial charge in [-0.25, -0.2) is 9.59 Å². The third kappa shape index (κ3) is 4.08. The second-order valence-electron chi connectivity index (χ2n) is 4.44. The largest absolute Gasteiger partial charge is 0.461 e. The zero-order chi connectivity index (χ0) is 14.4. The second kappa shape index (κ2) is 6.70. The maximum absolute atomic E-state index is 11.5. The monoisotopic (exact) mass is 277 g/mol. The third-order valence-electron chi connectivity index (χ3n) is 2.89. The molecule has 1 heterocycles. The van der Waals surface area contributed by atoms with Crippen LogP contribution in [0.4, 0.5) is 4.79 Å². The van der Waals surface area contributed by atoms with E-state index in [2.05, 4.69) is 10.1 Å². The van der Waals surface area contributed by atoms with Crippen LogP contribution in [0, 0.1) is 0 Å². The first-order chi connectivity index (χ1) is 9.65. The van der Waals surface area contributed by atoms with Crippen LogP contribution in [0.1, 0.15) is 24.8 Å². The smallest absolute Gasteiger partial charge is 0.415 e. The molecule has 106 valence electrons.